The molecule has 40 heavy (non-hydrogen) atoms. The third-order valence-corrected chi connectivity index (χ3v) is 7.88. The lowest BCUT2D eigenvalue weighted by molar-refractivity contribution is -0.136. The molecule has 4 rings (SSSR count). The molecule has 0 aliphatic rings. The molecule has 0 aliphatic carbocycles. The van der Waals surface area contributed by atoms with E-state index < -0.39 is 21.8 Å². The van der Waals surface area contributed by atoms with Gasteiger partial charge >= 0.3 is 11.8 Å². The summed E-state index contributed by atoms with van der Waals surface area (Å²) in [6, 6.07) is 23.7. The summed E-state index contributed by atoms with van der Waals surface area (Å²) >= 11 is 5.99. The second-order valence-corrected chi connectivity index (χ2v) is 11.4. The van der Waals surface area contributed by atoms with Crippen molar-refractivity contribution in [2.75, 3.05) is 5.32 Å². The Morgan fingerprint density at radius 1 is 0.850 bits per heavy atom. The number of hydrogen-bond acceptors (Lipinski definition) is 6. The zero-order valence-electron chi connectivity index (χ0n) is 21.8. The van der Waals surface area contributed by atoms with Gasteiger partial charge in [-0.3, -0.25) is 9.59 Å². The molecular formula is C29H27ClN4O5S. The number of carbonyl (C=O) groups excluding carboxylic acids is 2. The van der Waals surface area contributed by atoms with Crippen LogP contribution in [-0.2, 0) is 32.7 Å². The van der Waals surface area contributed by atoms with Gasteiger partial charge in [0.2, 0.25) is 10.0 Å². The van der Waals surface area contributed by atoms with E-state index >= 15 is 0 Å². The van der Waals surface area contributed by atoms with Gasteiger partial charge in [0, 0.05) is 17.3 Å². The van der Waals surface area contributed by atoms with Crippen LogP contribution >= 0.6 is 11.6 Å². The summed E-state index contributed by atoms with van der Waals surface area (Å²) in [5.41, 5.74) is 5.33. The molecule has 0 atom stereocenters. The zero-order chi connectivity index (χ0) is 28.7. The molecule has 0 radical (unpaired) electrons. The van der Waals surface area contributed by atoms with Crippen LogP contribution in [-0.4, -0.2) is 30.8 Å². The highest BCUT2D eigenvalue weighted by Crippen LogP contribution is 2.23. The monoisotopic (exact) mass is 578 g/mol. The molecule has 1 aromatic heterocycles. The Labute approximate surface area is 237 Å². The lowest BCUT2D eigenvalue weighted by Crippen LogP contribution is -2.32. The molecule has 0 saturated carbocycles. The van der Waals surface area contributed by atoms with E-state index in [-0.39, 0.29) is 23.7 Å². The molecule has 3 aromatic carbocycles. The van der Waals surface area contributed by atoms with Crippen LogP contribution in [0.15, 0.2) is 99.3 Å². The quantitative estimate of drug-likeness (QED) is 0.164. The lowest BCUT2D eigenvalue weighted by atomic mass is 10.2. The van der Waals surface area contributed by atoms with Crippen LogP contribution in [0.3, 0.4) is 0 Å². The van der Waals surface area contributed by atoms with Crippen LogP contribution < -0.4 is 10.7 Å². The van der Waals surface area contributed by atoms with Crippen LogP contribution in [0.4, 0.5) is 5.69 Å². The van der Waals surface area contributed by atoms with Crippen molar-refractivity contribution in [3.05, 3.63) is 118 Å². The van der Waals surface area contributed by atoms with Gasteiger partial charge in [0.25, 0.3) is 0 Å². The highest BCUT2D eigenvalue weighted by molar-refractivity contribution is 7.89. The highest BCUT2D eigenvalue weighted by atomic mass is 35.5. The summed E-state index contributed by atoms with van der Waals surface area (Å²) in [5, 5.41) is 6.79. The predicted molar refractivity (Wildman–Crippen MR) is 153 cm³/mol. The molecule has 0 fully saturated rings. The fraction of sp³-hybridized carbons (Fsp3) is 0.138. The Balaban J connectivity index is 1.44. The first-order valence-corrected chi connectivity index (χ1v) is 14.0. The van der Waals surface area contributed by atoms with Crippen molar-refractivity contribution in [2.24, 2.45) is 5.10 Å². The Morgan fingerprint density at radius 3 is 2.12 bits per heavy atom. The third-order valence-electron chi connectivity index (χ3n) is 5.82. The molecule has 0 unspecified atom stereocenters. The topological polar surface area (TPSA) is 121 Å². The summed E-state index contributed by atoms with van der Waals surface area (Å²) in [6.45, 7) is 3.82. The standard InChI is InChI=1S/C29H27ClN4O5S/c1-20-3-11-24(12-4-20)32-28(35)29(36)33-31-17-25-13-14-26(39-25)19-34(18-22-7-9-23(30)10-8-22)40(37,38)27-15-5-21(2)6-16-27/h3-17H,18-19H2,1-2H3,(H,32,35)(H,33,36)/b31-17+. The summed E-state index contributed by atoms with van der Waals surface area (Å²) < 4.78 is 34.1. The average Bonchev–Trinajstić information content (AvgIpc) is 3.38. The van der Waals surface area contributed by atoms with Gasteiger partial charge in [0.1, 0.15) is 11.5 Å². The Hall–Kier alpha value is -4.25. The minimum Gasteiger partial charge on any atom is -0.459 e. The first-order chi connectivity index (χ1) is 19.1. The number of anilines is 1. The molecule has 2 amide bonds. The Bertz CT molecular complexity index is 1610. The highest BCUT2D eigenvalue weighted by Gasteiger charge is 2.26. The van der Waals surface area contributed by atoms with E-state index in [2.05, 4.69) is 15.8 Å². The second kappa shape index (κ2) is 12.7. The van der Waals surface area contributed by atoms with Crippen LogP contribution in [0, 0.1) is 13.8 Å². The van der Waals surface area contributed by atoms with E-state index in [1.807, 2.05) is 26.0 Å². The molecule has 11 heteroatoms. The maximum atomic E-state index is 13.5. The maximum absolute atomic E-state index is 13.5. The molecular weight excluding hydrogens is 552 g/mol. The Kier molecular flexibility index (Phi) is 9.15. The van der Waals surface area contributed by atoms with E-state index in [0.29, 0.717) is 16.5 Å². The van der Waals surface area contributed by atoms with Crippen molar-refractivity contribution in [2.45, 2.75) is 31.8 Å². The first kappa shape index (κ1) is 28.8. The van der Waals surface area contributed by atoms with Gasteiger partial charge in [-0.2, -0.15) is 9.41 Å². The van der Waals surface area contributed by atoms with Gasteiger partial charge in [0.15, 0.2) is 0 Å². The van der Waals surface area contributed by atoms with Crippen molar-refractivity contribution in [1.29, 1.82) is 0 Å². The molecule has 206 valence electrons. The fourth-order valence-electron chi connectivity index (χ4n) is 3.63. The number of aryl methyl sites for hydroxylation is 2. The van der Waals surface area contributed by atoms with Gasteiger partial charge in [-0.05, 0) is 67.9 Å². The normalized spacial score (nSPS) is 11.6. The number of amides is 2. The van der Waals surface area contributed by atoms with Crippen LogP contribution in [0.5, 0.6) is 0 Å². The summed E-state index contributed by atoms with van der Waals surface area (Å²) in [7, 11) is -3.88. The smallest absolute Gasteiger partial charge is 0.329 e. The predicted octanol–water partition coefficient (Wildman–Crippen LogP) is 5.03. The van der Waals surface area contributed by atoms with E-state index in [4.69, 9.17) is 16.0 Å². The first-order valence-electron chi connectivity index (χ1n) is 12.2. The number of sulfonamides is 1. The number of rotatable bonds is 9. The van der Waals surface area contributed by atoms with E-state index in [0.717, 1.165) is 16.7 Å². The minimum absolute atomic E-state index is 0.0575. The van der Waals surface area contributed by atoms with Gasteiger partial charge < -0.3 is 9.73 Å². The van der Waals surface area contributed by atoms with E-state index in [1.165, 1.54) is 10.5 Å². The molecule has 1 heterocycles. The number of nitrogens with zero attached hydrogens (tertiary/aromatic N) is 2. The lowest BCUT2D eigenvalue weighted by Gasteiger charge is -2.21. The molecule has 0 spiro atoms. The van der Waals surface area contributed by atoms with Crippen LogP contribution in [0.25, 0.3) is 0 Å². The van der Waals surface area contributed by atoms with E-state index in [9.17, 15) is 18.0 Å². The SMILES string of the molecule is Cc1ccc(NC(=O)C(=O)N/N=C/c2ccc(CN(Cc3ccc(Cl)cc3)S(=O)(=O)c3ccc(C)cc3)o2)cc1. The Morgan fingerprint density at radius 2 is 1.48 bits per heavy atom. The van der Waals surface area contributed by atoms with E-state index in [1.54, 1.807) is 72.8 Å². The molecule has 0 bridgehead atoms. The van der Waals surface area contributed by atoms with Gasteiger partial charge in [-0.15, -0.1) is 0 Å². The minimum atomic E-state index is -3.88. The van der Waals surface area contributed by atoms with Crippen molar-refractivity contribution < 1.29 is 22.4 Å². The van der Waals surface area contributed by atoms with Gasteiger partial charge in [-0.1, -0.05) is 59.1 Å². The number of carbonyl (C=O) groups is 2. The molecule has 2 N–H and O–H groups in total. The maximum Gasteiger partial charge on any atom is 0.329 e. The summed E-state index contributed by atoms with van der Waals surface area (Å²) in [6.07, 6.45) is 1.22. The summed E-state index contributed by atoms with van der Waals surface area (Å²) in [5.74, 6) is -1.22. The molecule has 9 nitrogen and oxygen atoms in total. The van der Waals surface area contributed by atoms with Crippen molar-refractivity contribution in [1.82, 2.24) is 9.73 Å². The third kappa shape index (κ3) is 7.66. The average molecular weight is 579 g/mol. The number of hydrogen-bond donors (Lipinski definition) is 2. The number of benzene rings is 3. The fourth-order valence-corrected chi connectivity index (χ4v) is 5.15. The van der Waals surface area contributed by atoms with Gasteiger partial charge in [-0.25, -0.2) is 13.8 Å². The largest absolute Gasteiger partial charge is 0.459 e. The van der Waals surface area contributed by atoms with Crippen LogP contribution in [0.2, 0.25) is 5.02 Å². The second-order valence-electron chi connectivity index (χ2n) is 9.04. The number of halogens is 1. The molecule has 0 saturated heterocycles. The molecule has 0 aliphatic heterocycles. The van der Waals surface area contributed by atoms with Crippen LogP contribution in [0.1, 0.15) is 28.2 Å². The summed E-state index contributed by atoms with van der Waals surface area (Å²) in [4.78, 5) is 24.3. The van der Waals surface area contributed by atoms with Crippen molar-refractivity contribution >= 4 is 45.3 Å². The number of nitrogens with one attached hydrogen (secondary N) is 2. The zero-order valence-corrected chi connectivity index (χ0v) is 23.4. The van der Waals surface area contributed by atoms with Crippen molar-refractivity contribution in [3.63, 3.8) is 0 Å². The van der Waals surface area contributed by atoms with Gasteiger partial charge in [0.05, 0.1) is 17.7 Å². The number of furan rings is 1. The van der Waals surface area contributed by atoms with Crippen molar-refractivity contribution in [3.8, 4) is 0 Å². The molecule has 4 aromatic rings. The number of hydrazone groups is 1.